The molecule has 0 radical (unpaired) electrons. The first-order valence-electron chi connectivity index (χ1n) is 7.54. The van der Waals surface area contributed by atoms with Crippen LogP contribution in [0.5, 0.6) is 0 Å². The fourth-order valence-electron chi connectivity index (χ4n) is 3.27. The average Bonchev–Trinajstić information content (AvgIpc) is 2.67. The fraction of sp³-hybridized carbons (Fsp3) is 0.471. The zero-order chi connectivity index (χ0) is 13.9. The number of rotatable bonds is 3. The number of aromatic nitrogens is 1. The van der Waals surface area contributed by atoms with E-state index in [-0.39, 0.29) is 0 Å². The van der Waals surface area contributed by atoms with E-state index in [0.29, 0.717) is 18.1 Å². The lowest BCUT2D eigenvalue weighted by atomic mass is 9.92. The largest absolute Gasteiger partial charge is 0.360 e. The van der Waals surface area contributed by atoms with Crippen molar-refractivity contribution < 1.29 is 4.79 Å². The molecule has 1 aromatic carbocycles. The van der Waals surface area contributed by atoms with Crippen LogP contribution in [0, 0.1) is 5.92 Å². The summed E-state index contributed by atoms with van der Waals surface area (Å²) in [5, 5.41) is 1.05. The second-order valence-corrected chi connectivity index (χ2v) is 6.79. The summed E-state index contributed by atoms with van der Waals surface area (Å²) in [4.78, 5) is 15.8. The summed E-state index contributed by atoms with van der Waals surface area (Å²) in [5.74, 6) is 0.885. The van der Waals surface area contributed by atoms with E-state index in [1.807, 2.05) is 24.4 Å². The van der Waals surface area contributed by atoms with Gasteiger partial charge in [0.15, 0.2) is 5.78 Å². The van der Waals surface area contributed by atoms with Crippen LogP contribution < -0.4 is 0 Å². The topological polar surface area (TPSA) is 32.9 Å². The number of ketones is 1. The van der Waals surface area contributed by atoms with Gasteiger partial charge in [-0.15, -0.1) is 0 Å². The number of aromatic amines is 1. The van der Waals surface area contributed by atoms with Crippen LogP contribution in [0.4, 0.5) is 0 Å². The molecule has 0 aliphatic heterocycles. The molecule has 3 rings (SSSR count). The summed E-state index contributed by atoms with van der Waals surface area (Å²) in [6.07, 6.45) is 10.3. The second kappa shape index (κ2) is 6.13. The van der Waals surface area contributed by atoms with Crippen molar-refractivity contribution in [2.75, 3.05) is 0 Å². The molecule has 2 nitrogen and oxygen atoms in total. The van der Waals surface area contributed by atoms with Gasteiger partial charge in [-0.1, -0.05) is 60.5 Å². The van der Waals surface area contributed by atoms with Gasteiger partial charge in [0, 0.05) is 33.6 Å². The molecule has 1 aromatic heterocycles. The molecule has 0 atom stereocenters. The van der Waals surface area contributed by atoms with E-state index in [1.165, 1.54) is 38.5 Å². The van der Waals surface area contributed by atoms with Crippen LogP contribution in [0.2, 0.25) is 0 Å². The summed E-state index contributed by atoms with van der Waals surface area (Å²) in [6.45, 7) is 0. The predicted molar refractivity (Wildman–Crippen MR) is 86.1 cm³/mol. The van der Waals surface area contributed by atoms with Crippen molar-refractivity contribution in [3.63, 3.8) is 0 Å². The van der Waals surface area contributed by atoms with Crippen LogP contribution in [0.25, 0.3) is 10.9 Å². The molecule has 1 saturated carbocycles. The predicted octanol–water partition coefficient (Wildman–Crippen LogP) is 5.47. The number of benzene rings is 1. The Morgan fingerprint density at radius 3 is 2.70 bits per heavy atom. The smallest absolute Gasteiger partial charge is 0.165 e. The lowest BCUT2D eigenvalue weighted by Gasteiger charge is -2.12. The van der Waals surface area contributed by atoms with E-state index >= 15 is 0 Å². The molecule has 0 unspecified atom stereocenters. The SMILES string of the molecule is O=C(CC1CCCCCC1)c1c[nH]c2cc(Br)ccc12. The molecule has 1 heterocycles. The fourth-order valence-corrected chi connectivity index (χ4v) is 3.63. The van der Waals surface area contributed by atoms with Crippen molar-refractivity contribution in [1.82, 2.24) is 4.98 Å². The molecule has 1 aliphatic carbocycles. The first-order chi connectivity index (χ1) is 9.74. The Morgan fingerprint density at radius 1 is 1.20 bits per heavy atom. The third kappa shape index (κ3) is 2.98. The van der Waals surface area contributed by atoms with Gasteiger partial charge in [-0.2, -0.15) is 0 Å². The van der Waals surface area contributed by atoms with Gasteiger partial charge in [0.25, 0.3) is 0 Å². The molecule has 1 fully saturated rings. The van der Waals surface area contributed by atoms with E-state index in [0.717, 1.165) is 20.9 Å². The average molecular weight is 334 g/mol. The molecule has 2 aromatic rings. The first kappa shape index (κ1) is 13.9. The molecule has 106 valence electrons. The molecule has 0 bridgehead atoms. The second-order valence-electron chi connectivity index (χ2n) is 5.88. The minimum absolute atomic E-state index is 0.297. The molecule has 3 heteroatoms. The highest BCUT2D eigenvalue weighted by atomic mass is 79.9. The van der Waals surface area contributed by atoms with Crippen LogP contribution in [0.15, 0.2) is 28.9 Å². The summed E-state index contributed by atoms with van der Waals surface area (Å²) < 4.78 is 1.04. The van der Waals surface area contributed by atoms with E-state index in [4.69, 9.17) is 0 Å². The van der Waals surface area contributed by atoms with Crippen LogP contribution in [-0.4, -0.2) is 10.8 Å². The summed E-state index contributed by atoms with van der Waals surface area (Å²) in [7, 11) is 0. The quantitative estimate of drug-likeness (QED) is 0.586. The normalized spacial score (nSPS) is 17.2. The zero-order valence-electron chi connectivity index (χ0n) is 11.6. The molecule has 1 N–H and O–H groups in total. The van der Waals surface area contributed by atoms with Crippen molar-refractivity contribution >= 4 is 32.6 Å². The van der Waals surface area contributed by atoms with E-state index in [1.54, 1.807) is 0 Å². The van der Waals surface area contributed by atoms with Crippen LogP contribution in [-0.2, 0) is 0 Å². The van der Waals surface area contributed by atoms with Crippen molar-refractivity contribution in [1.29, 1.82) is 0 Å². The van der Waals surface area contributed by atoms with Gasteiger partial charge in [-0.25, -0.2) is 0 Å². The summed E-state index contributed by atoms with van der Waals surface area (Å²) in [6, 6.07) is 6.05. The molecule has 0 spiro atoms. The summed E-state index contributed by atoms with van der Waals surface area (Å²) in [5.41, 5.74) is 1.89. The van der Waals surface area contributed by atoms with Crippen molar-refractivity contribution in [3.8, 4) is 0 Å². The molecular formula is C17H20BrNO. The number of hydrogen-bond donors (Lipinski definition) is 1. The monoisotopic (exact) mass is 333 g/mol. The Labute approximate surface area is 128 Å². The molecule has 0 amide bonds. The maximum absolute atomic E-state index is 12.6. The number of nitrogens with one attached hydrogen (secondary N) is 1. The number of halogens is 1. The number of hydrogen-bond acceptors (Lipinski definition) is 1. The van der Waals surface area contributed by atoms with Gasteiger partial charge < -0.3 is 4.98 Å². The lowest BCUT2D eigenvalue weighted by Crippen LogP contribution is -2.08. The van der Waals surface area contributed by atoms with E-state index in [2.05, 4.69) is 20.9 Å². The Balaban J connectivity index is 1.78. The Hall–Kier alpha value is -1.09. The Morgan fingerprint density at radius 2 is 1.95 bits per heavy atom. The summed E-state index contributed by atoms with van der Waals surface area (Å²) >= 11 is 3.46. The van der Waals surface area contributed by atoms with Crippen molar-refractivity contribution in [3.05, 3.63) is 34.4 Å². The highest BCUT2D eigenvalue weighted by molar-refractivity contribution is 9.10. The van der Waals surface area contributed by atoms with Crippen molar-refractivity contribution in [2.24, 2.45) is 5.92 Å². The first-order valence-corrected chi connectivity index (χ1v) is 8.33. The van der Waals surface area contributed by atoms with Gasteiger partial charge in [0.05, 0.1) is 0 Å². The van der Waals surface area contributed by atoms with Crippen LogP contribution in [0.1, 0.15) is 55.3 Å². The maximum Gasteiger partial charge on any atom is 0.165 e. The zero-order valence-corrected chi connectivity index (χ0v) is 13.2. The third-order valence-electron chi connectivity index (χ3n) is 4.39. The Bertz CT molecular complexity index is 608. The number of fused-ring (bicyclic) bond motifs is 1. The van der Waals surface area contributed by atoms with Gasteiger partial charge >= 0.3 is 0 Å². The number of Topliss-reactive ketones (excluding diaryl/α,β-unsaturated/α-hetero) is 1. The molecular weight excluding hydrogens is 314 g/mol. The number of carbonyl (C=O) groups is 1. The standard InChI is InChI=1S/C17H20BrNO/c18-13-7-8-14-15(11-19-16(14)10-13)17(20)9-12-5-3-1-2-4-6-12/h7-8,10-12,19H,1-6,9H2. The van der Waals surface area contributed by atoms with Gasteiger partial charge in [0.2, 0.25) is 0 Å². The highest BCUT2D eigenvalue weighted by Gasteiger charge is 2.19. The van der Waals surface area contributed by atoms with E-state index in [9.17, 15) is 4.79 Å². The minimum atomic E-state index is 0.297. The van der Waals surface area contributed by atoms with Crippen molar-refractivity contribution in [2.45, 2.75) is 44.9 Å². The third-order valence-corrected chi connectivity index (χ3v) is 4.89. The van der Waals surface area contributed by atoms with Gasteiger partial charge in [0.1, 0.15) is 0 Å². The molecule has 0 saturated heterocycles. The van der Waals surface area contributed by atoms with E-state index < -0.39 is 0 Å². The van der Waals surface area contributed by atoms with Gasteiger partial charge in [-0.05, 0) is 18.1 Å². The molecule has 20 heavy (non-hydrogen) atoms. The molecule has 1 aliphatic rings. The van der Waals surface area contributed by atoms with Crippen LogP contribution in [0.3, 0.4) is 0 Å². The lowest BCUT2D eigenvalue weighted by molar-refractivity contribution is 0.0958. The van der Waals surface area contributed by atoms with Gasteiger partial charge in [-0.3, -0.25) is 4.79 Å². The van der Waals surface area contributed by atoms with Crippen LogP contribution >= 0.6 is 15.9 Å². The number of H-pyrrole nitrogens is 1. The number of carbonyl (C=O) groups excluding carboxylic acids is 1. The Kier molecular flexibility index (Phi) is 4.25. The maximum atomic E-state index is 12.6. The minimum Gasteiger partial charge on any atom is -0.360 e. The highest BCUT2D eigenvalue weighted by Crippen LogP contribution is 2.29.